The maximum Gasteiger partial charge on any atom is 0.282 e. The summed E-state index contributed by atoms with van der Waals surface area (Å²) in [5.74, 6) is 0.439. The fraction of sp³-hybridized carbons (Fsp3) is 0.185. The Morgan fingerprint density at radius 3 is 2.59 bits per heavy atom. The average molecular weight is 567 g/mol. The molecule has 1 heterocycles. The zero-order chi connectivity index (χ0) is 26.5. The van der Waals surface area contributed by atoms with Crippen molar-refractivity contribution in [2.24, 2.45) is 5.10 Å². The number of hydrogen-bond donors (Lipinski definition) is 1. The molecule has 0 fully saturated rings. The van der Waals surface area contributed by atoms with Gasteiger partial charge < -0.3 is 14.8 Å². The Morgan fingerprint density at radius 2 is 1.89 bits per heavy atom. The number of nitrogens with one attached hydrogen (secondary N) is 1. The van der Waals surface area contributed by atoms with Crippen LogP contribution in [0.15, 0.2) is 75.0 Å². The van der Waals surface area contributed by atoms with Gasteiger partial charge in [0, 0.05) is 16.1 Å². The molecular formula is C27H24BrFN4O4. The molecule has 4 rings (SSSR count). The van der Waals surface area contributed by atoms with Gasteiger partial charge in [0.2, 0.25) is 0 Å². The number of nitrogens with zero attached hydrogens (tertiary/aromatic N) is 3. The number of ether oxygens (including phenoxy) is 2. The highest BCUT2D eigenvalue weighted by Crippen LogP contribution is 2.28. The zero-order valence-corrected chi connectivity index (χ0v) is 22.0. The number of fused-ring (bicyclic) bond motifs is 1. The van der Waals surface area contributed by atoms with Crippen molar-refractivity contribution in [2.75, 3.05) is 19.0 Å². The van der Waals surface area contributed by atoms with Crippen LogP contribution in [0.3, 0.4) is 0 Å². The molecular weight excluding hydrogens is 543 g/mol. The summed E-state index contributed by atoms with van der Waals surface area (Å²) in [6.45, 7) is 3.62. The average Bonchev–Trinajstić information content (AvgIpc) is 2.88. The molecule has 0 unspecified atom stereocenters. The van der Waals surface area contributed by atoms with E-state index in [0.29, 0.717) is 39.5 Å². The van der Waals surface area contributed by atoms with Crippen LogP contribution in [-0.4, -0.2) is 35.5 Å². The molecule has 0 aliphatic heterocycles. The fourth-order valence-corrected chi connectivity index (χ4v) is 3.89. The Bertz CT molecular complexity index is 1530. The van der Waals surface area contributed by atoms with Gasteiger partial charge in [0.25, 0.3) is 11.5 Å². The van der Waals surface area contributed by atoms with Gasteiger partial charge in [-0.15, -0.1) is 0 Å². The topological polar surface area (TPSA) is 94.8 Å². The van der Waals surface area contributed by atoms with Crippen LogP contribution in [0.1, 0.15) is 31.2 Å². The summed E-state index contributed by atoms with van der Waals surface area (Å²) in [5, 5.41) is 7.51. The first kappa shape index (κ1) is 26.0. The van der Waals surface area contributed by atoms with Crippen LogP contribution in [0.2, 0.25) is 0 Å². The lowest BCUT2D eigenvalue weighted by Crippen LogP contribution is -2.23. The zero-order valence-electron chi connectivity index (χ0n) is 20.4. The Morgan fingerprint density at radius 1 is 1.14 bits per heavy atom. The van der Waals surface area contributed by atoms with E-state index in [1.54, 1.807) is 30.3 Å². The first-order chi connectivity index (χ1) is 17.7. The molecule has 3 aromatic carbocycles. The Hall–Kier alpha value is -4.05. The molecule has 0 aliphatic carbocycles. The lowest BCUT2D eigenvalue weighted by Gasteiger charge is -2.13. The largest absolute Gasteiger partial charge is 0.493 e. The summed E-state index contributed by atoms with van der Waals surface area (Å²) in [4.78, 5) is 30.0. The Labute approximate surface area is 220 Å². The van der Waals surface area contributed by atoms with Gasteiger partial charge in [0.15, 0.2) is 18.1 Å². The number of methoxy groups -OCH3 is 1. The third-order valence-corrected chi connectivity index (χ3v) is 5.84. The molecule has 0 saturated carbocycles. The van der Waals surface area contributed by atoms with Crippen molar-refractivity contribution in [3.05, 3.63) is 92.7 Å². The van der Waals surface area contributed by atoms with Gasteiger partial charge in [0.05, 0.1) is 24.2 Å². The number of anilines is 1. The van der Waals surface area contributed by atoms with Crippen LogP contribution < -0.4 is 20.3 Å². The van der Waals surface area contributed by atoms with Gasteiger partial charge in [-0.2, -0.15) is 9.78 Å². The van der Waals surface area contributed by atoms with Gasteiger partial charge in [-0.25, -0.2) is 9.37 Å². The summed E-state index contributed by atoms with van der Waals surface area (Å²) < 4.78 is 26.1. The molecule has 37 heavy (non-hydrogen) atoms. The molecule has 0 bridgehead atoms. The molecule has 0 spiro atoms. The molecule has 0 atom stereocenters. The summed E-state index contributed by atoms with van der Waals surface area (Å²) in [5.41, 5.74) is 1.44. The van der Waals surface area contributed by atoms with E-state index in [9.17, 15) is 14.0 Å². The molecule has 10 heteroatoms. The number of benzene rings is 3. The number of hydrogen-bond acceptors (Lipinski definition) is 6. The van der Waals surface area contributed by atoms with Crippen LogP contribution in [0, 0.1) is 5.82 Å². The Balaban J connectivity index is 1.54. The van der Waals surface area contributed by atoms with E-state index in [0.717, 1.165) is 4.47 Å². The number of carbonyl (C=O) groups is 1. The van der Waals surface area contributed by atoms with Gasteiger partial charge >= 0.3 is 0 Å². The minimum Gasteiger partial charge on any atom is -0.493 e. The first-order valence-corrected chi connectivity index (χ1v) is 12.2. The van der Waals surface area contributed by atoms with Crippen molar-refractivity contribution >= 4 is 44.6 Å². The quantitative estimate of drug-likeness (QED) is 0.291. The third-order valence-electron chi connectivity index (χ3n) is 5.35. The maximum absolute atomic E-state index is 13.2. The van der Waals surface area contributed by atoms with Gasteiger partial charge in [-0.05, 0) is 66.2 Å². The molecule has 0 saturated heterocycles. The van der Waals surface area contributed by atoms with Crippen molar-refractivity contribution in [1.29, 1.82) is 0 Å². The van der Waals surface area contributed by atoms with Crippen LogP contribution in [0.25, 0.3) is 10.9 Å². The fourth-order valence-electron chi connectivity index (χ4n) is 3.53. The molecule has 1 N–H and O–H groups in total. The van der Waals surface area contributed by atoms with E-state index < -0.39 is 11.7 Å². The van der Waals surface area contributed by atoms with Crippen LogP contribution in [0.5, 0.6) is 11.5 Å². The van der Waals surface area contributed by atoms with E-state index in [2.05, 4.69) is 31.3 Å². The molecule has 0 radical (unpaired) electrons. The summed E-state index contributed by atoms with van der Waals surface area (Å²) in [7, 11) is 1.48. The summed E-state index contributed by atoms with van der Waals surface area (Å²) in [6.07, 6.45) is 1.53. The highest BCUT2D eigenvalue weighted by molar-refractivity contribution is 9.10. The number of aromatic nitrogens is 2. The summed E-state index contributed by atoms with van der Waals surface area (Å²) in [6, 6.07) is 15.8. The van der Waals surface area contributed by atoms with Crippen molar-refractivity contribution in [3.63, 3.8) is 0 Å². The molecule has 190 valence electrons. The maximum atomic E-state index is 13.2. The monoisotopic (exact) mass is 566 g/mol. The van der Waals surface area contributed by atoms with E-state index in [1.165, 1.54) is 42.3 Å². The third kappa shape index (κ3) is 6.21. The van der Waals surface area contributed by atoms with Crippen LogP contribution in [0.4, 0.5) is 10.1 Å². The molecule has 1 amide bonds. The number of halogens is 2. The smallest absolute Gasteiger partial charge is 0.282 e. The number of carbonyl (C=O) groups excluding carboxylic acids is 1. The molecule has 0 aliphatic rings. The van der Waals surface area contributed by atoms with Crippen LogP contribution in [-0.2, 0) is 4.79 Å². The normalized spacial score (nSPS) is 11.3. The van der Waals surface area contributed by atoms with Crippen molar-refractivity contribution in [2.45, 2.75) is 19.8 Å². The number of amides is 1. The van der Waals surface area contributed by atoms with Crippen molar-refractivity contribution < 1.29 is 18.7 Å². The van der Waals surface area contributed by atoms with Gasteiger partial charge in [-0.1, -0.05) is 29.8 Å². The van der Waals surface area contributed by atoms with Gasteiger partial charge in [-0.3, -0.25) is 9.59 Å². The van der Waals surface area contributed by atoms with E-state index in [1.807, 2.05) is 19.9 Å². The molecule has 4 aromatic rings. The predicted molar refractivity (Wildman–Crippen MR) is 144 cm³/mol. The second kappa shape index (κ2) is 11.3. The SMILES string of the molecule is COc1cc(C=Nn2c(C(C)C)nc3ccc(Br)cc3c2=O)ccc1OCC(=O)Nc1ccc(F)cc1. The standard InChI is InChI=1S/C27H24BrFN4O4/c1-16(2)26-32-22-10-5-18(28)13-21(22)27(35)33(26)30-14-17-4-11-23(24(12-17)36-3)37-15-25(34)31-20-8-6-19(29)7-9-20/h4-14,16H,15H2,1-3H3,(H,31,34). The highest BCUT2D eigenvalue weighted by atomic mass is 79.9. The predicted octanol–water partition coefficient (Wildman–Crippen LogP) is 5.33. The number of rotatable bonds is 8. The highest BCUT2D eigenvalue weighted by Gasteiger charge is 2.14. The van der Waals surface area contributed by atoms with Crippen molar-refractivity contribution in [1.82, 2.24) is 9.66 Å². The second-order valence-corrected chi connectivity index (χ2v) is 9.32. The Kier molecular flexibility index (Phi) is 7.98. The lowest BCUT2D eigenvalue weighted by atomic mass is 10.2. The minimum atomic E-state index is -0.407. The van der Waals surface area contributed by atoms with E-state index >= 15 is 0 Å². The first-order valence-electron chi connectivity index (χ1n) is 11.4. The summed E-state index contributed by atoms with van der Waals surface area (Å²) >= 11 is 3.40. The molecule has 8 nitrogen and oxygen atoms in total. The lowest BCUT2D eigenvalue weighted by molar-refractivity contribution is -0.118. The van der Waals surface area contributed by atoms with E-state index in [-0.39, 0.29) is 18.1 Å². The van der Waals surface area contributed by atoms with E-state index in [4.69, 9.17) is 9.47 Å². The molecule has 1 aromatic heterocycles. The second-order valence-electron chi connectivity index (χ2n) is 8.40. The minimum absolute atomic E-state index is 0.0377. The van der Waals surface area contributed by atoms with Gasteiger partial charge in [0.1, 0.15) is 11.6 Å². The van der Waals surface area contributed by atoms with Crippen LogP contribution >= 0.6 is 15.9 Å². The van der Waals surface area contributed by atoms with Crippen molar-refractivity contribution in [3.8, 4) is 11.5 Å².